The first-order chi connectivity index (χ1) is 16.1. The summed E-state index contributed by atoms with van der Waals surface area (Å²) in [6.07, 6.45) is 1.42. The summed E-state index contributed by atoms with van der Waals surface area (Å²) >= 11 is 0. The van der Waals surface area contributed by atoms with Crippen LogP contribution in [-0.2, 0) is 6.61 Å². The number of ether oxygens (including phenoxy) is 2. The van der Waals surface area contributed by atoms with Gasteiger partial charge in [-0.05, 0) is 54.1 Å². The summed E-state index contributed by atoms with van der Waals surface area (Å²) in [5.41, 5.74) is 2.35. The number of nitrogens with one attached hydrogen (secondary N) is 2. The van der Waals surface area contributed by atoms with E-state index in [0.29, 0.717) is 35.0 Å². The molecule has 2 amide bonds. The van der Waals surface area contributed by atoms with Crippen molar-refractivity contribution in [1.82, 2.24) is 0 Å². The highest BCUT2D eigenvalue weighted by Gasteiger charge is 2.14. The Balaban J connectivity index is 1.46. The molecule has 0 spiro atoms. The number of amides is 2. The van der Waals surface area contributed by atoms with Crippen molar-refractivity contribution in [3.63, 3.8) is 0 Å². The number of rotatable bonds is 8. The van der Waals surface area contributed by atoms with Gasteiger partial charge < -0.3 is 24.5 Å². The summed E-state index contributed by atoms with van der Waals surface area (Å²) in [4.78, 5) is 25.2. The van der Waals surface area contributed by atoms with Gasteiger partial charge in [-0.25, -0.2) is 0 Å². The number of hydrogen-bond acceptors (Lipinski definition) is 5. The van der Waals surface area contributed by atoms with Crippen molar-refractivity contribution >= 4 is 23.2 Å². The van der Waals surface area contributed by atoms with Gasteiger partial charge in [0, 0.05) is 11.3 Å². The molecule has 0 atom stereocenters. The van der Waals surface area contributed by atoms with E-state index in [1.807, 2.05) is 30.3 Å². The van der Waals surface area contributed by atoms with Gasteiger partial charge in [-0.2, -0.15) is 0 Å². The van der Waals surface area contributed by atoms with Gasteiger partial charge in [-0.1, -0.05) is 36.4 Å². The number of benzene rings is 3. The van der Waals surface area contributed by atoms with Crippen LogP contribution in [0, 0.1) is 0 Å². The monoisotopic (exact) mass is 442 g/mol. The van der Waals surface area contributed by atoms with E-state index >= 15 is 0 Å². The molecule has 0 aliphatic rings. The molecule has 7 nitrogen and oxygen atoms in total. The smallest absolute Gasteiger partial charge is 0.291 e. The first-order valence-electron chi connectivity index (χ1n) is 10.2. The molecule has 2 N–H and O–H groups in total. The Hall–Kier alpha value is -4.52. The van der Waals surface area contributed by atoms with E-state index in [1.165, 1.54) is 13.4 Å². The third-order valence-electron chi connectivity index (χ3n) is 4.80. The Morgan fingerprint density at radius 1 is 0.848 bits per heavy atom. The molecule has 7 heteroatoms. The number of carbonyl (C=O) groups is 2. The van der Waals surface area contributed by atoms with Crippen molar-refractivity contribution in [3.8, 4) is 11.5 Å². The summed E-state index contributed by atoms with van der Waals surface area (Å²) in [6.45, 7) is 0.400. The van der Waals surface area contributed by atoms with Crippen molar-refractivity contribution in [2.45, 2.75) is 6.61 Å². The molecule has 1 aromatic heterocycles. The topological polar surface area (TPSA) is 89.8 Å². The average molecular weight is 442 g/mol. The summed E-state index contributed by atoms with van der Waals surface area (Å²) in [6, 6.07) is 24.8. The van der Waals surface area contributed by atoms with Crippen LogP contribution in [0.4, 0.5) is 11.4 Å². The summed E-state index contributed by atoms with van der Waals surface area (Å²) in [5, 5.41) is 5.56. The Morgan fingerprint density at radius 2 is 1.70 bits per heavy atom. The zero-order valence-electron chi connectivity index (χ0n) is 17.9. The van der Waals surface area contributed by atoms with Crippen molar-refractivity contribution in [3.05, 3.63) is 108 Å². The Labute approximate surface area is 191 Å². The van der Waals surface area contributed by atoms with Crippen LogP contribution in [0.2, 0.25) is 0 Å². The molecule has 0 aliphatic carbocycles. The molecular formula is C26H22N2O5. The molecule has 3 aromatic carbocycles. The highest BCUT2D eigenvalue weighted by Crippen LogP contribution is 2.29. The highest BCUT2D eigenvalue weighted by molar-refractivity contribution is 6.06. The van der Waals surface area contributed by atoms with Gasteiger partial charge in [0.1, 0.15) is 18.1 Å². The normalized spacial score (nSPS) is 10.3. The molecule has 0 unspecified atom stereocenters. The predicted octanol–water partition coefficient (Wildman–Crippen LogP) is 5.37. The molecule has 0 aliphatic heterocycles. The van der Waals surface area contributed by atoms with Gasteiger partial charge in [0.05, 0.1) is 19.1 Å². The number of hydrogen-bond donors (Lipinski definition) is 2. The molecule has 0 bridgehead atoms. The fourth-order valence-electron chi connectivity index (χ4n) is 3.15. The molecule has 4 aromatic rings. The molecule has 1 heterocycles. The quantitative estimate of drug-likeness (QED) is 0.383. The number of methoxy groups -OCH3 is 1. The lowest BCUT2D eigenvalue weighted by Crippen LogP contribution is -2.14. The van der Waals surface area contributed by atoms with E-state index in [9.17, 15) is 9.59 Å². The van der Waals surface area contributed by atoms with E-state index in [0.717, 1.165) is 5.56 Å². The highest BCUT2D eigenvalue weighted by atomic mass is 16.5. The molecule has 33 heavy (non-hydrogen) atoms. The minimum atomic E-state index is -0.397. The molecule has 166 valence electrons. The zero-order chi connectivity index (χ0) is 23.0. The minimum Gasteiger partial charge on any atom is -0.495 e. The third kappa shape index (κ3) is 5.59. The molecular weight excluding hydrogens is 420 g/mol. The number of anilines is 2. The standard InChI is InChI=1S/C26H22N2O5/c1-31-23-13-12-20(27-26(30)24-11-6-14-32-24)16-22(23)28-25(29)19-9-5-10-21(15-19)33-17-18-7-3-2-4-8-18/h2-16H,17H2,1H3,(H,27,30)(H,28,29). The third-order valence-corrected chi connectivity index (χ3v) is 4.80. The fourth-order valence-corrected chi connectivity index (χ4v) is 3.15. The molecule has 0 saturated heterocycles. The van der Waals surface area contributed by atoms with Gasteiger partial charge in [-0.15, -0.1) is 0 Å². The second-order valence-corrected chi connectivity index (χ2v) is 7.10. The van der Waals surface area contributed by atoms with Crippen LogP contribution in [0.1, 0.15) is 26.5 Å². The summed E-state index contributed by atoms with van der Waals surface area (Å²) < 4.78 is 16.3. The van der Waals surface area contributed by atoms with Gasteiger partial charge >= 0.3 is 0 Å². The Bertz CT molecular complexity index is 1240. The van der Waals surface area contributed by atoms with Crippen molar-refractivity contribution in [1.29, 1.82) is 0 Å². The van der Waals surface area contributed by atoms with E-state index < -0.39 is 5.91 Å². The Kier molecular flexibility index (Phi) is 6.70. The van der Waals surface area contributed by atoms with E-state index in [1.54, 1.807) is 54.6 Å². The summed E-state index contributed by atoms with van der Waals surface area (Å²) in [7, 11) is 1.50. The SMILES string of the molecule is COc1ccc(NC(=O)c2ccco2)cc1NC(=O)c1cccc(OCc2ccccc2)c1. The largest absolute Gasteiger partial charge is 0.495 e. The van der Waals surface area contributed by atoms with Crippen LogP contribution >= 0.6 is 0 Å². The van der Waals surface area contributed by atoms with Crippen LogP contribution < -0.4 is 20.1 Å². The van der Waals surface area contributed by atoms with Crippen molar-refractivity contribution < 1.29 is 23.5 Å². The van der Waals surface area contributed by atoms with Gasteiger partial charge in [0.25, 0.3) is 11.8 Å². The van der Waals surface area contributed by atoms with Crippen molar-refractivity contribution in [2.24, 2.45) is 0 Å². The first-order valence-corrected chi connectivity index (χ1v) is 10.2. The van der Waals surface area contributed by atoms with E-state index in [-0.39, 0.29) is 11.7 Å². The first kappa shape index (κ1) is 21.7. The van der Waals surface area contributed by atoms with Gasteiger partial charge in [-0.3, -0.25) is 9.59 Å². The predicted molar refractivity (Wildman–Crippen MR) is 125 cm³/mol. The molecule has 0 radical (unpaired) electrons. The number of furan rings is 1. The van der Waals surface area contributed by atoms with Crippen LogP contribution in [0.3, 0.4) is 0 Å². The maximum absolute atomic E-state index is 12.9. The van der Waals surface area contributed by atoms with E-state index in [2.05, 4.69) is 10.6 Å². The maximum atomic E-state index is 12.9. The lowest BCUT2D eigenvalue weighted by molar-refractivity contribution is 0.0995. The fraction of sp³-hybridized carbons (Fsp3) is 0.0769. The second-order valence-electron chi connectivity index (χ2n) is 7.10. The van der Waals surface area contributed by atoms with Crippen LogP contribution in [0.15, 0.2) is 95.6 Å². The number of carbonyl (C=O) groups excluding carboxylic acids is 2. The maximum Gasteiger partial charge on any atom is 0.291 e. The molecule has 0 saturated carbocycles. The lowest BCUT2D eigenvalue weighted by Gasteiger charge is -2.13. The lowest BCUT2D eigenvalue weighted by atomic mass is 10.2. The van der Waals surface area contributed by atoms with Gasteiger partial charge in [0.2, 0.25) is 0 Å². The molecule has 4 rings (SSSR count). The Morgan fingerprint density at radius 3 is 2.45 bits per heavy atom. The minimum absolute atomic E-state index is 0.184. The zero-order valence-corrected chi connectivity index (χ0v) is 17.9. The molecule has 0 fully saturated rings. The van der Waals surface area contributed by atoms with E-state index in [4.69, 9.17) is 13.9 Å². The van der Waals surface area contributed by atoms with Gasteiger partial charge in [0.15, 0.2) is 5.76 Å². The summed E-state index contributed by atoms with van der Waals surface area (Å²) in [5.74, 6) is 0.483. The second kappa shape index (κ2) is 10.2. The van der Waals surface area contributed by atoms with Crippen molar-refractivity contribution in [2.75, 3.05) is 17.7 Å². The van der Waals surface area contributed by atoms with Crippen LogP contribution in [-0.4, -0.2) is 18.9 Å². The van der Waals surface area contributed by atoms with Crippen LogP contribution in [0.25, 0.3) is 0 Å². The average Bonchev–Trinajstić information content (AvgIpc) is 3.39. The van der Waals surface area contributed by atoms with Crippen LogP contribution in [0.5, 0.6) is 11.5 Å².